The lowest BCUT2D eigenvalue weighted by Gasteiger charge is -2.31. The van der Waals surface area contributed by atoms with Crippen LogP contribution in [0.15, 0.2) is 52.2 Å². The Bertz CT molecular complexity index is 1250. The van der Waals surface area contributed by atoms with E-state index in [-0.39, 0.29) is 28.7 Å². The first kappa shape index (κ1) is 22.5. The fourth-order valence-corrected chi connectivity index (χ4v) is 4.30. The third-order valence-electron chi connectivity index (χ3n) is 4.41. The van der Waals surface area contributed by atoms with E-state index in [1.807, 2.05) is 0 Å². The summed E-state index contributed by atoms with van der Waals surface area (Å²) in [5.41, 5.74) is -1.12. The van der Waals surface area contributed by atoms with Crippen molar-refractivity contribution in [2.75, 3.05) is 19.1 Å². The van der Waals surface area contributed by atoms with Crippen LogP contribution in [0, 0.1) is 11.6 Å². The predicted octanol–water partition coefficient (Wildman–Crippen LogP) is 1.75. The number of rotatable bonds is 6. The van der Waals surface area contributed by atoms with Crippen molar-refractivity contribution in [3.8, 4) is 11.5 Å². The minimum atomic E-state index is -3.42. The van der Waals surface area contributed by atoms with Crippen LogP contribution in [0.5, 0.6) is 11.5 Å². The smallest absolute Gasteiger partial charge is 0.292 e. The summed E-state index contributed by atoms with van der Waals surface area (Å²) < 4.78 is 63.2. The van der Waals surface area contributed by atoms with E-state index in [0.29, 0.717) is 11.6 Å². The van der Waals surface area contributed by atoms with Crippen molar-refractivity contribution in [1.82, 2.24) is 9.88 Å². The van der Waals surface area contributed by atoms with Crippen LogP contribution in [0.25, 0.3) is 0 Å². The molecule has 0 radical (unpaired) electrons. The molecule has 0 aliphatic carbocycles. The van der Waals surface area contributed by atoms with E-state index in [0.717, 1.165) is 18.4 Å². The molecule has 2 heterocycles. The molecular formula is C20H21F2N3O5S. The van der Waals surface area contributed by atoms with E-state index in [2.05, 4.69) is 10.3 Å². The Balaban J connectivity index is 2.13. The molecule has 0 saturated carbocycles. The standard InChI is InChI=1S/C20H21F2N3O5S/c1-20(11-31(4,27)28)23-9-17(30-15-6-5-13(21)8-14(15)22)18(24-20)12-7-16(29-3)19(26)25(2)10-12/h5-10,23H,11H2,1-4H3/t20-/m0/s1. The first-order valence-electron chi connectivity index (χ1n) is 9.04. The molecule has 11 heteroatoms. The summed E-state index contributed by atoms with van der Waals surface area (Å²) in [5.74, 6) is -2.22. The maximum atomic E-state index is 14.1. The number of aromatic nitrogens is 1. The van der Waals surface area contributed by atoms with Crippen LogP contribution >= 0.6 is 0 Å². The molecule has 1 atom stereocenters. The summed E-state index contributed by atoms with van der Waals surface area (Å²) in [6.07, 6.45) is 3.90. The van der Waals surface area contributed by atoms with Crippen LogP contribution in [0.4, 0.5) is 8.78 Å². The van der Waals surface area contributed by atoms with Gasteiger partial charge in [0.05, 0.1) is 12.9 Å². The van der Waals surface area contributed by atoms with Crippen LogP contribution in [0.3, 0.4) is 0 Å². The number of sulfone groups is 1. The second-order valence-corrected chi connectivity index (χ2v) is 9.49. The van der Waals surface area contributed by atoms with Gasteiger partial charge in [0.25, 0.3) is 5.56 Å². The van der Waals surface area contributed by atoms with Crippen LogP contribution in [0.1, 0.15) is 12.5 Å². The monoisotopic (exact) mass is 453 g/mol. The Hall–Kier alpha value is -3.21. The largest absolute Gasteiger partial charge is 0.491 e. The molecule has 8 nitrogen and oxygen atoms in total. The number of aryl methyl sites for hydroxylation is 1. The summed E-state index contributed by atoms with van der Waals surface area (Å²) in [4.78, 5) is 16.7. The molecule has 0 fully saturated rings. The minimum absolute atomic E-state index is 0.0263. The van der Waals surface area contributed by atoms with Crippen molar-refractivity contribution in [2.24, 2.45) is 12.0 Å². The van der Waals surface area contributed by atoms with Gasteiger partial charge in [-0.15, -0.1) is 0 Å². The third kappa shape index (κ3) is 5.10. The first-order chi connectivity index (χ1) is 14.4. The van der Waals surface area contributed by atoms with E-state index < -0.39 is 32.7 Å². The fourth-order valence-electron chi connectivity index (χ4n) is 3.13. The first-order valence-corrected chi connectivity index (χ1v) is 11.1. The minimum Gasteiger partial charge on any atom is -0.491 e. The lowest BCUT2D eigenvalue weighted by atomic mass is 10.1. The molecule has 0 saturated heterocycles. The molecule has 0 unspecified atom stereocenters. The zero-order valence-corrected chi connectivity index (χ0v) is 18.1. The molecule has 1 aliphatic heterocycles. The summed E-state index contributed by atoms with van der Waals surface area (Å²) in [7, 11) is -0.582. The second kappa shape index (κ2) is 8.14. The predicted molar refractivity (Wildman–Crippen MR) is 111 cm³/mol. The van der Waals surface area contributed by atoms with Crippen LogP contribution < -0.4 is 20.3 Å². The van der Waals surface area contributed by atoms with Gasteiger partial charge in [-0.2, -0.15) is 0 Å². The number of nitrogens with zero attached hydrogens (tertiary/aromatic N) is 2. The Morgan fingerprint density at radius 3 is 2.55 bits per heavy atom. The van der Waals surface area contributed by atoms with Gasteiger partial charge >= 0.3 is 0 Å². The normalized spacial score (nSPS) is 18.6. The quantitative estimate of drug-likeness (QED) is 0.716. The van der Waals surface area contributed by atoms with Gasteiger partial charge in [-0.1, -0.05) is 0 Å². The van der Waals surface area contributed by atoms with Gasteiger partial charge in [-0.25, -0.2) is 17.2 Å². The van der Waals surface area contributed by atoms with Crippen LogP contribution in [-0.4, -0.2) is 43.5 Å². The average molecular weight is 453 g/mol. The third-order valence-corrected chi connectivity index (χ3v) is 5.49. The highest BCUT2D eigenvalue weighted by atomic mass is 32.2. The zero-order chi connectivity index (χ0) is 23.0. The lowest BCUT2D eigenvalue weighted by molar-refractivity contribution is 0.386. The molecule has 31 heavy (non-hydrogen) atoms. The number of pyridine rings is 1. The van der Waals surface area contributed by atoms with Crippen LogP contribution in [0.2, 0.25) is 0 Å². The van der Waals surface area contributed by atoms with Gasteiger partial charge in [-0.3, -0.25) is 9.79 Å². The van der Waals surface area contributed by atoms with Crippen LogP contribution in [-0.2, 0) is 16.9 Å². The Morgan fingerprint density at radius 2 is 1.94 bits per heavy atom. The molecular weight excluding hydrogens is 432 g/mol. The maximum Gasteiger partial charge on any atom is 0.292 e. The van der Waals surface area contributed by atoms with Crippen molar-refractivity contribution in [2.45, 2.75) is 12.6 Å². The highest BCUT2D eigenvalue weighted by Crippen LogP contribution is 2.26. The molecule has 1 N–H and O–H groups in total. The second-order valence-electron chi connectivity index (χ2n) is 7.35. The van der Waals surface area contributed by atoms with E-state index in [1.165, 1.54) is 37.2 Å². The number of methoxy groups -OCH3 is 1. The van der Waals surface area contributed by atoms with Gasteiger partial charge in [0.1, 0.15) is 17.2 Å². The molecule has 1 aliphatic rings. The number of hydrogen-bond acceptors (Lipinski definition) is 7. The fraction of sp³-hybridized carbons (Fsp3) is 0.300. The highest BCUT2D eigenvalue weighted by molar-refractivity contribution is 7.90. The number of benzene rings is 1. The van der Waals surface area contributed by atoms with Crippen molar-refractivity contribution in [3.05, 3.63) is 70.0 Å². The van der Waals surface area contributed by atoms with E-state index in [1.54, 1.807) is 6.92 Å². The number of nitrogens with one attached hydrogen (secondary N) is 1. The van der Waals surface area contributed by atoms with Gasteiger partial charge in [0.15, 0.2) is 32.9 Å². The molecule has 166 valence electrons. The summed E-state index contributed by atoms with van der Waals surface area (Å²) >= 11 is 0. The molecule has 1 aromatic heterocycles. The topological polar surface area (TPSA) is 99.0 Å². The number of hydrogen-bond donors (Lipinski definition) is 1. The number of aliphatic imine (C=N–C) groups is 1. The number of allylic oxidation sites excluding steroid dienone is 1. The molecule has 1 aromatic carbocycles. The molecule has 0 spiro atoms. The Morgan fingerprint density at radius 1 is 1.23 bits per heavy atom. The number of ether oxygens (including phenoxy) is 2. The summed E-state index contributed by atoms with van der Waals surface area (Å²) in [6.45, 7) is 1.57. The summed E-state index contributed by atoms with van der Waals surface area (Å²) in [5, 5.41) is 2.86. The highest BCUT2D eigenvalue weighted by Gasteiger charge is 2.33. The Labute approximate surface area is 177 Å². The van der Waals surface area contributed by atoms with Crippen molar-refractivity contribution in [3.63, 3.8) is 0 Å². The molecule has 2 aromatic rings. The van der Waals surface area contributed by atoms with Crippen molar-refractivity contribution >= 4 is 15.5 Å². The SMILES string of the molecule is COc1cc(C2=N[C@@](C)(CS(C)(=O)=O)NC=C2Oc2ccc(F)cc2F)cn(C)c1=O. The summed E-state index contributed by atoms with van der Waals surface area (Å²) in [6, 6.07) is 4.25. The van der Waals surface area contributed by atoms with Gasteiger partial charge in [0, 0.05) is 37.3 Å². The van der Waals surface area contributed by atoms with E-state index in [9.17, 15) is 22.0 Å². The van der Waals surface area contributed by atoms with E-state index in [4.69, 9.17) is 9.47 Å². The van der Waals surface area contributed by atoms with Gasteiger partial charge in [0.2, 0.25) is 0 Å². The number of halogens is 2. The maximum absolute atomic E-state index is 14.1. The zero-order valence-electron chi connectivity index (χ0n) is 17.3. The van der Waals surface area contributed by atoms with Crippen molar-refractivity contribution < 1.29 is 26.7 Å². The molecule has 0 bridgehead atoms. The van der Waals surface area contributed by atoms with Gasteiger partial charge < -0.3 is 19.4 Å². The van der Waals surface area contributed by atoms with E-state index >= 15 is 0 Å². The Kier molecular flexibility index (Phi) is 5.90. The van der Waals surface area contributed by atoms with Crippen molar-refractivity contribution in [1.29, 1.82) is 0 Å². The molecule has 3 rings (SSSR count). The average Bonchev–Trinajstić information content (AvgIpc) is 2.65. The molecule has 0 amide bonds. The van der Waals surface area contributed by atoms with Gasteiger partial charge in [-0.05, 0) is 25.1 Å². The lowest BCUT2D eigenvalue weighted by Crippen LogP contribution is -2.47.